The van der Waals surface area contributed by atoms with E-state index >= 15 is 0 Å². The van der Waals surface area contributed by atoms with Crippen LogP contribution in [-0.4, -0.2) is 46.7 Å². The first kappa shape index (κ1) is 21.8. The van der Waals surface area contributed by atoms with E-state index in [0.717, 1.165) is 18.8 Å². The SMILES string of the molecule is CC1CCC(CN2C(=O)CC(SCCNC(=O)c3ccc(CF)cc3)C2=O)CC1. The van der Waals surface area contributed by atoms with Crippen LogP contribution in [0.1, 0.15) is 54.9 Å². The molecule has 1 atom stereocenters. The summed E-state index contributed by atoms with van der Waals surface area (Å²) in [5.41, 5.74) is 1.01. The van der Waals surface area contributed by atoms with E-state index in [2.05, 4.69) is 12.2 Å². The number of amides is 3. The van der Waals surface area contributed by atoms with Gasteiger partial charge in [-0.2, -0.15) is 0 Å². The molecule has 1 aliphatic heterocycles. The van der Waals surface area contributed by atoms with Crippen LogP contribution in [0, 0.1) is 11.8 Å². The van der Waals surface area contributed by atoms with Crippen molar-refractivity contribution in [1.29, 1.82) is 0 Å². The lowest BCUT2D eigenvalue weighted by Gasteiger charge is -2.29. The van der Waals surface area contributed by atoms with Gasteiger partial charge in [0.25, 0.3) is 5.91 Å². The maximum absolute atomic E-state index is 12.6. The predicted octanol–water partition coefficient (Wildman–Crippen LogP) is 3.57. The fourth-order valence-corrected chi connectivity index (χ4v) is 4.99. The molecule has 2 aliphatic rings. The van der Waals surface area contributed by atoms with E-state index in [1.165, 1.54) is 29.5 Å². The molecule has 1 saturated heterocycles. The zero-order valence-electron chi connectivity index (χ0n) is 16.9. The Balaban J connectivity index is 1.39. The molecule has 0 spiro atoms. The van der Waals surface area contributed by atoms with Crippen molar-refractivity contribution in [3.05, 3.63) is 35.4 Å². The van der Waals surface area contributed by atoms with Gasteiger partial charge in [0, 0.05) is 30.8 Å². The third-order valence-electron chi connectivity index (χ3n) is 5.86. The van der Waals surface area contributed by atoms with Crippen molar-refractivity contribution in [2.24, 2.45) is 11.8 Å². The van der Waals surface area contributed by atoms with Crippen LogP contribution >= 0.6 is 11.8 Å². The molecule has 1 aromatic carbocycles. The summed E-state index contributed by atoms with van der Waals surface area (Å²) < 4.78 is 12.5. The second kappa shape index (κ2) is 10.2. The second-order valence-electron chi connectivity index (χ2n) is 8.12. The Morgan fingerprint density at radius 2 is 1.86 bits per heavy atom. The van der Waals surface area contributed by atoms with Gasteiger partial charge in [0.2, 0.25) is 11.8 Å². The minimum Gasteiger partial charge on any atom is -0.351 e. The van der Waals surface area contributed by atoms with Crippen LogP contribution < -0.4 is 5.32 Å². The Hall–Kier alpha value is -1.89. The van der Waals surface area contributed by atoms with Crippen LogP contribution in [0.15, 0.2) is 24.3 Å². The molecule has 1 unspecified atom stereocenters. The fourth-order valence-electron chi connectivity index (χ4n) is 3.96. The first-order valence-corrected chi connectivity index (χ1v) is 11.4. The van der Waals surface area contributed by atoms with Gasteiger partial charge in [0.05, 0.1) is 5.25 Å². The molecule has 1 aromatic rings. The lowest BCUT2D eigenvalue weighted by molar-refractivity contribution is -0.139. The topological polar surface area (TPSA) is 66.5 Å². The van der Waals surface area contributed by atoms with Crippen molar-refractivity contribution >= 4 is 29.5 Å². The Kier molecular flexibility index (Phi) is 7.70. The Morgan fingerprint density at radius 1 is 1.17 bits per heavy atom. The van der Waals surface area contributed by atoms with Crippen LogP contribution in [0.25, 0.3) is 0 Å². The zero-order chi connectivity index (χ0) is 20.8. The molecule has 3 amide bonds. The summed E-state index contributed by atoms with van der Waals surface area (Å²) in [4.78, 5) is 38.5. The molecule has 7 heteroatoms. The van der Waals surface area contributed by atoms with E-state index in [9.17, 15) is 18.8 Å². The summed E-state index contributed by atoms with van der Waals surface area (Å²) in [6.07, 6.45) is 4.79. The van der Waals surface area contributed by atoms with Crippen LogP contribution in [0.5, 0.6) is 0 Å². The third-order valence-corrected chi connectivity index (χ3v) is 7.07. The number of imide groups is 1. The Labute approximate surface area is 175 Å². The number of nitrogens with one attached hydrogen (secondary N) is 1. The molecule has 1 N–H and O–H groups in total. The highest BCUT2D eigenvalue weighted by atomic mass is 32.2. The third kappa shape index (κ3) is 5.81. The van der Waals surface area contributed by atoms with Gasteiger partial charge >= 0.3 is 0 Å². The molecule has 1 saturated carbocycles. The molecular formula is C22H29FN2O3S. The Bertz CT molecular complexity index is 732. The predicted molar refractivity (Wildman–Crippen MR) is 112 cm³/mol. The number of carbonyl (C=O) groups excluding carboxylic acids is 3. The number of nitrogens with zero attached hydrogens (tertiary/aromatic N) is 1. The summed E-state index contributed by atoms with van der Waals surface area (Å²) in [7, 11) is 0. The molecule has 3 rings (SSSR count). The number of thioether (sulfide) groups is 1. The molecule has 0 bridgehead atoms. The van der Waals surface area contributed by atoms with Crippen LogP contribution in [0.4, 0.5) is 4.39 Å². The lowest BCUT2D eigenvalue weighted by Crippen LogP contribution is -2.37. The molecule has 1 heterocycles. The van der Waals surface area contributed by atoms with E-state index < -0.39 is 6.67 Å². The van der Waals surface area contributed by atoms with E-state index in [-0.39, 0.29) is 29.4 Å². The number of rotatable bonds is 8. The average Bonchev–Trinajstić information content (AvgIpc) is 3.00. The van der Waals surface area contributed by atoms with E-state index in [1.807, 2.05) is 0 Å². The molecule has 0 radical (unpaired) electrons. The van der Waals surface area contributed by atoms with Crippen molar-refractivity contribution in [2.45, 2.75) is 51.0 Å². The number of likely N-dealkylation sites (tertiary alicyclic amines) is 1. The largest absolute Gasteiger partial charge is 0.351 e. The van der Waals surface area contributed by atoms with Crippen molar-refractivity contribution in [3.63, 3.8) is 0 Å². The lowest BCUT2D eigenvalue weighted by atomic mass is 9.83. The highest BCUT2D eigenvalue weighted by molar-refractivity contribution is 8.00. The quantitative estimate of drug-likeness (QED) is 0.516. The molecule has 29 heavy (non-hydrogen) atoms. The normalized spacial score (nSPS) is 24.8. The smallest absolute Gasteiger partial charge is 0.251 e. The van der Waals surface area contributed by atoms with Crippen molar-refractivity contribution < 1.29 is 18.8 Å². The van der Waals surface area contributed by atoms with Gasteiger partial charge in [-0.15, -0.1) is 11.8 Å². The number of alkyl halides is 1. The number of hydrogen-bond donors (Lipinski definition) is 1. The van der Waals surface area contributed by atoms with Crippen LogP contribution in [0.3, 0.4) is 0 Å². The summed E-state index contributed by atoms with van der Waals surface area (Å²) in [5.74, 6) is 1.38. The maximum Gasteiger partial charge on any atom is 0.251 e. The van der Waals surface area contributed by atoms with Gasteiger partial charge in [-0.1, -0.05) is 31.9 Å². The monoisotopic (exact) mass is 420 g/mol. The minimum absolute atomic E-state index is 0.0666. The molecule has 5 nitrogen and oxygen atoms in total. The Morgan fingerprint density at radius 3 is 2.52 bits per heavy atom. The summed E-state index contributed by atoms with van der Waals surface area (Å²) in [5, 5.41) is 2.46. The zero-order valence-corrected chi connectivity index (χ0v) is 17.7. The molecular weight excluding hydrogens is 391 g/mol. The van der Waals surface area contributed by atoms with Gasteiger partial charge < -0.3 is 5.32 Å². The molecule has 158 valence electrons. The van der Waals surface area contributed by atoms with Gasteiger partial charge in [-0.05, 0) is 42.4 Å². The van der Waals surface area contributed by atoms with E-state index in [1.54, 1.807) is 24.3 Å². The standard InChI is InChI=1S/C22H29FN2O3S/c1-15-2-4-17(5-3-15)14-25-20(26)12-19(22(25)28)29-11-10-24-21(27)18-8-6-16(13-23)7-9-18/h6-9,15,17,19H,2-5,10-14H2,1H3,(H,24,27). The molecule has 0 aromatic heterocycles. The van der Waals surface area contributed by atoms with E-state index in [4.69, 9.17) is 0 Å². The van der Waals surface area contributed by atoms with Gasteiger partial charge in [0.15, 0.2) is 0 Å². The fraction of sp³-hybridized carbons (Fsp3) is 0.591. The van der Waals surface area contributed by atoms with Crippen molar-refractivity contribution in [3.8, 4) is 0 Å². The first-order chi connectivity index (χ1) is 14.0. The minimum atomic E-state index is -0.552. The van der Waals surface area contributed by atoms with Crippen LogP contribution in [-0.2, 0) is 16.3 Å². The summed E-state index contributed by atoms with van der Waals surface area (Å²) in [6.45, 7) is 2.68. The highest BCUT2D eigenvalue weighted by Gasteiger charge is 2.39. The number of hydrogen-bond acceptors (Lipinski definition) is 4. The average molecular weight is 421 g/mol. The summed E-state index contributed by atoms with van der Waals surface area (Å²) in [6, 6.07) is 6.38. The van der Waals surface area contributed by atoms with Gasteiger partial charge in [0.1, 0.15) is 6.67 Å². The van der Waals surface area contributed by atoms with Crippen LogP contribution in [0.2, 0.25) is 0 Å². The van der Waals surface area contributed by atoms with Gasteiger partial charge in [-0.3, -0.25) is 19.3 Å². The maximum atomic E-state index is 12.6. The summed E-state index contributed by atoms with van der Waals surface area (Å²) >= 11 is 1.43. The van der Waals surface area contributed by atoms with E-state index in [0.29, 0.717) is 35.9 Å². The van der Waals surface area contributed by atoms with Crippen molar-refractivity contribution in [2.75, 3.05) is 18.8 Å². The highest BCUT2D eigenvalue weighted by Crippen LogP contribution is 2.31. The first-order valence-electron chi connectivity index (χ1n) is 10.4. The number of carbonyl (C=O) groups is 3. The number of halogens is 1. The van der Waals surface area contributed by atoms with Gasteiger partial charge in [-0.25, -0.2) is 4.39 Å². The molecule has 1 aliphatic carbocycles. The second-order valence-corrected chi connectivity index (χ2v) is 9.43. The van der Waals surface area contributed by atoms with Crippen molar-refractivity contribution in [1.82, 2.24) is 10.2 Å². The number of benzene rings is 1. The molecule has 2 fully saturated rings.